The Morgan fingerprint density at radius 3 is 3.04 bits per heavy atom. The number of aromatic nitrogens is 1. The van der Waals surface area contributed by atoms with Gasteiger partial charge in [0.2, 0.25) is 6.10 Å². The van der Waals surface area contributed by atoms with Gasteiger partial charge in [-0.2, -0.15) is 0 Å². The van der Waals surface area contributed by atoms with Crippen molar-refractivity contribution in [3.8, 4) is 15.6 Å². The van der Waals surface area contributed by atoms with Crippen molar-refractivity contribution in [2.75, 3.05) is 5.75 Å². The van der Waals surface area contributed by atoms with Gasteiger partial charge in [-0.05, 0) is 23.6 Å². The summed E-state index contributed by atoms with van der Waals surface area (Å²) in [7, 11) is 0. The van der Waals surface area contributed by atoms with Crippen molar-refractivity contribution in [3.05, 3.63) is 52.9 Å². The Balaban J connectivity index is 1.36. The monoisotopic (exact) mass is 375 g/mol. The number of para-hydroxylation sites is 1. The van der Waals surface area contributed by atoms with Crippen LogP contribution in [0, 0.1) is 0 Å². The molecule has 122 valence electrons. The molecule has 4 rings (SSSR count). The second kappa shape index (κ2) is 6.96. The topological polar surface area (TPSA) is 48.4 Å². The maximum Gasteiger partial charge on any atom is 0.348 e. The Hall–Kier alpha value is -1.83. The van der Waals surface area contributed by atoms with Crippen LogP contribution in [0.4, 0.5) is 0 Å². The number of carbonyl (C=O) groups excluding carboxylic acids is 1. The lowest BCUT2D eigenvalue weighted by Gasteiger charge is -2.23. The summed E-state index contributed by atoms with van der Waals surface area (Å²) in [5, 5.41) is 4.90. The minimum atomic E-state index is -0.569. The highest BCUT2D eigenvalue weighted by Gasteiger charge is 2.28. The fourth-order valence-electron chi connectivity index (χ4n) is 2.26. The minimum absolute atomic E-state index is 0.173. The van der Waals surface area contributed by atoms with E-state index in [1.54, 1.807) is 34.4 Å². The van der Waals surface area contributed by atoms with Crippen molar-refractivity contribution in [3.63, 3.8) is 0 Å². The number of fused-ring (bicyclic) bond motifs is 1. The number of carbonyl (C=O) groups is 1. The Kier molecular flexibility index (Phi) is 4.55. The molecular weight excluding hydrogens is 362 g/mol. The molecule has 4 nitrogen and oxygen atoms in total. The molecule has 1 aromatic carbocycles. The number of thioether (sulfide) groups is 1. The Morgan fingerprint density at radius 1 is 1.25 bits per heavy atom. The summed E-state index contributed by atoms with van der Waals surface area (Å²) in [6.07, 6.45) is -0.569. The van der Waals surface area contributed by atoms with E-state index in [0.717, 1.165) is 26.2 Å². The van der Waals surface area contributed by atoms with Crippen LogP contribution in [0.3, 0.4) is 0 Å². The number of nitrogens with zero attached hydrogens (tertiary/aromatic N) is 1. The molecule has 1 aliphatic heterocycles. The van der Waals surface area contributed by atoms with Crippen LogP contribution in [0.5, 0.6) is 5.75 Å². The van der Waals surface area contributed by atoms with Crippen molar-refractivity contribution >= 4 is 40.4 Å². The lowest BCUT2D eigenvalue weighted by atomic mass is 10.3. The average Bonchev–Trinajstić information content (AvgIpc) is 3.30. The largest absolute Gasteiger partial charge is 0.477 e. The van der Waals surface area contributed by atoms with Crippen LogP contribution >= 0.6 is 34.4 Å². The van der Waals surface area contributed by atoms with Gasteiger partial charge < -0.3 is 9.47 Å². The summed E-state index contributed by atoms with van der Waals surface area (Å²) in [5.74, 6) is 0.958. The predicted molar refractivity (Wildman–Crippen MR) is 96.8 cm³/mol. The molecule has 0 N–H and O–H groups in total. The maximum absolute atomic E-state index is 12.2. The third kappa shape index (κ3) is 3.33. The molecule has 0 saturated carbocycles. The molecule has 1 atom stereocenters. The number of benzene rings is 1. The number of thiophene rings is 1. The number of hydrogen-bond donors (Lipinski definition) is 0. The molecular formula is C17H13NO3S3. The molecule has 0 fully saturated rings. The maximum atomic E-state index is 12.2. The van der Waals surface area contributed by atoms with Crippen LogP contribution in [0.25, 0.3) is 9.88 Å². The number of rotatable bonds is 4. The molecule has 0 bridgehead atoms. The van der Waals surface area contributed by atoms with E-state index in [0.29, 0.717) is 5.75 Å². The van der Waals surface area contributed by atoms with E-state index in [-0.39, 0.29) is 12.6 Å². The Morgan fingerprint density at radius 2 is 2.17 bits per heavy atom. The first-order valence-corrected chi connectivity index (χ1v) is 10.1. The van der Waals surface area contributed by atoms with E-state index in [1.165, 1.54) is 0 Å². The first-order chi connectivity index (χ1) is 11.8. The van der Waals surface area contributed by atoms with Crippen molar-refractivity contribution < 1.29 is 14.3 Å². The SMILES string of the molecule is O=C(OCc1csc(-c2cccs2)n1)C1CSc2ccccc2O1. The molecule has 1 unspecified atom stereocenters. The zero-order valence-electron chi connectivity index (χ0n) is 12.5. The summed E-state index contributed by atoms with van der Waals surface area (Å²) in [4.78, 5) is 18.9. The van der Waals surface area contributed by atoms with Gasteiger partial charge in [-0.25, -0.2) is 9.78 Å². The highest BCUT2D eigenvalue weighted by molar-refractivity contribution is 7.99. The van der Waals surface area contributed by atoms with Crippen LogP contribution < -0.4 is 4.74 Å². The third-order valence-corrected chi connectivity index (χ3v) is 6.47. The smallest absolute Gasteiger partial charge is 0.348 e. The van der Waals surface area contributed by atoms with Gasteiger partial charge in [0.1, 0.15) is 17.4 Å². The van der Waals surface area contributed by atoms with Crippen LogP contribution in [-0.4, -0.2) is 22.8 Å². The molecule has 0 aliphatic carbocycles. The van der Waals surface area contributed by atoms with Crippen LogP contribution in [0.15, 0.2) is 52.1 Å². The van der Waals surface area contributed by atoms with Gasteiger partial charge >= 0.3 is 5.97 Å². The molecule has 24 heavy (non-hydrogen) atoms. The standard InChI is InChI=1S/C17H13NO3S3/c19-17(13-10-23-14-5-2-1-4-12(14)21-13)20-8-11-9-24-16(18-11)15-6-3-7-22-15/h1-7,9,13H,8,10H2. The third-order valence-electron chi connectivity index (χ3n) is 3.42. The predicted octanol–water partition coefficient (Wildman–Crippen LogP) is 4.47. The summed E-state index contributed by atoms with van der Waals surface area (Å²) >= 11 is 4.82. The number of thiazole rings is 1. The van der Waals surface area contributed by atoms with Crippen molar-refractivity contribution in [1.82, 2.24) is 4.98 Å². The summed E-state index contributed by atoms with van der Waals surface area (Å²) in [6, 6.07) is 11.7. The molecule has 3 aromatic rings. The summed E-state index contributed by atoms with van der Waals surface area (Å²) in [6.45, 7) is 0.173. The highest BCUT2D eigenvalue weighted by atomic mass is 32.2. The summed E-state index contributed by atoms with van der Waals surface area (Å²) < 4.78 is 11.1. The number of ether oxygens (including phenoxy) is 2. The average molecular weight is 375 g/mol. The zero-order valence-corrected chi connectivity index (χ0v) is 15.0. The fraction of sp³-hybridized carbons (Fsp3) is 0.176. The van der Waals surface area contributed by atoms with Gasteiger partial charge in [-0.1, -0.05) is 18.2 Å². The van der Waals surface area contributed by atoms with E-state index in [9.17, 15) is 4.79 Å². The second-order valence-electron chi connectivity index (χ2n) is 5.09. The highest BCUT2D eigenvalue weighted by Crippen LogP contribution is 2.35. The van der Waals surface area contributed by atoms with Crippen LogP contribution in [0.1, 0.15) is 5.69 Å². The van der Waals surface area contributed by atoms with Crippen LogP contribution in [0.2, 0.25) is 0 Å². The van der Waals surface area contributed by atoms with Crippen molar-refractivity contribution in [2.24, 2.45) is 0 Å². The molecule has 0 amide bonds. The molecule has 2 aromatic heterocycles. The number of esters is 1. The molecule has 1 aliphatic rings. The lowest BCUT2D eigenvalue weighted by Crippen LogP contribution is -2.33. The fourth-order valence-corrected chi connectivity index (χ4v) is 4.85. The summed E-state index contributed by atoms with van der Waals surface area (Å²) in [5.41, 5.74) is 0.764. The first kappa shape index (κ1) is 15.7. The van der Waals surface area contributed by atoms with E-state index in [1.807, 2.05) is 47.2 Å². The van der Waals surface area contributed by atoms with E-state index in [4.69, 9.17) is 9.47 Å². The molecule has 3 heterocycles. The molecule has 7 heteroatoms. The zero-order chi connectivity index (χ0) is 16.4. The van der Waals surface area contributed by atoms with Gasteiger partial charge in [0, 0.05) is 16.0 Å². The Bertz CT molecular complexity index is 844. The minimum Gasteiger partial charge on any atom is -0.477 e. The number of hydrogen-bond acceptors (Lipinski definition) is 7. The van der Waals surface area contributed by atoms with Gasteiger partial charge in [0.05, 0.1) is 10.6 Å². The molecule has 0 saturated heterocycles. The van der Waals surface area contributed by atoms with Gasteiger partial charge in [0.15, 0.2) is 0 Å². The van der Waals surface area contributed by atoms with E-state index < -0.39 is 6.10 Å². The van der Waals surface area contributed by atoms with Gasteiger partial charge in [0.25, 0.3) is 0 Å². The van der Waals surface area contributed by atoms with Gasteiger partial charge in [-0.15, -0.1) is 34.4 Å². The Labute approximate surface area is 151 Å². The normalized spacial score (nSPS) is 16.2. The van der Waals surface area contributed by atoms with E-state index >= 15 is 0 Å². The lowest BCUT2D eigenvalue weighted by molar-refractivity contribution is -0.152. The van der Waals surface area contributed by atoms with Gasteiger partial charge in [-0.3, -0.25) is 0 Å². The van der Waals surface area contributed by atoms with Crippen molar-refractivity contribution in [2.45, 2.75) is 17.6 Å². The first-order valence-electron chi connectivity index (χ1n) is 7.33. The van der Waals surface area contributed by atoms with E-state index in [2.05, 4.69) is 4.98 Å². The van der Waals surface area contributed by atoms with Crippen molar-refractivity contribution in [1.29, 1.82) is 0 Å². The quantitative estimate of drug-likeness (QED) is 0.630. The second-order valence-corrected chi connectivity index (χ2v) is 7.96. The molecule has 0 radical (unpaired) electrons. The molecule has 0 spiro atoms. The van der Waals surface area contributed by atoms with Crippen LogP contribution in [-0.2, 0) is 16.1 Å².